The van der Waals surface area contributed by atoms with Gasteiger partial charge in [0, 0.05) is 11.3 Å². The van der Waals surface area contributed by atoms with Crippen LogP contribution in [0.3, 0.4) is 0 Å². The maximum Gasteiger partial charge on any atom is 0.426 e. The standard InChI is InChI=1S/C18H16ClF3N2O5S/c1-10(25)11-3-5-12(6-4-11)24-30(28,29)13-7-8-15(14(19)9-13)23-16(26)17(2,27)18(20,21)22/h3-9,24,27H,1-2H3,(H,23,26)/t17-/m1/s1. The van der Waals surface area contributed by atoms with Crippen LogP contribution in [0.25, 0.3) is 0 Å². The molecule has 1 atom stereocenters. The first-order chi connectivity index (χ1) is 13.6. The van der Waals surface area contributed by atoms with E-state index in [9.17, 15) is 36.3 Å². The van der Waals surface area contributed by atoms with E-state index in [2.05, 4.69) is 4.72 Å². The van der Waals surface area contributed by atoms with Gasteiger partial charge in [0.25, 0.3) is 15.9 Å². The Morgan fingerprint density at radius 2 is 1.63 bits per heavy atom. The van der Waals surface area contributed by atoms with Gasteiger partial charge >= 0.3 is 6.18 Å². The Morgan fingerprint density at radius 3 is 2.10 bits per heavy atom. The molecule has 30 heavy (non-hydrogen) atoms. The van der Waals surface area contributed by atoms with Crippen LogP contribution in [0, 0.1) is 0 Å². The molecule has 0 unspecified atom stereocenters. The fourth-order valence-corrected chi connectivity index (χ4v) is 3.50. The van der Waals surface area contributed by atoms with Crippen molar-refractivity contribution >= 4 is 44.7 Å². The number of sulfonamides is 1. The first-order valence-electron chi connectivity index (χ1n) is 8.19. The second-order valence-electron chi connectivity index (χ2n) is 6.40. The highest BCUT2D eigenvalue weighted by Gasteiger charge is 2.55. The second-order valence-corrected chi connectivity index (χ2v) is 8.49. The van der Waals surface area contributed by atoms with Crippen LogP contribution in [0.15, 0.2) is 47.4 Å². The number of hydrogen-bond donors (Lipinski definition) is 3. The van der Waals surface area contributed by atoms with Crippen molar-refractivity contribution in [2.45, 2.75) is 30.5 Å². The molecule has 2 rings (SSSR count). The van der Waals surface area contributed by atoms with Crippen molar-refractivity contribution in [3.05, 3.63) is 53.1 Å². The van der Waals surface area contributed by atoms with Gasteiger partial charge in [-0.3, -0.25) is 14.3 Å². The fourth-order valence-electron chi connectivity index (χ4n) is 2.12. The highest BCUT2D eigenvalue weighted by Crippen LogP contribution is 2.33. The van der Waals surface area contributed by atoms with Gasteiger partial charge in [-0.05, 0) is 56.3 Å². The van der Waals surface area contributed by atoms with Crippen molar-refractivity contribution in [3.63, 3.8) is 0 Å². The SMILES string of the molecule is CC(=O)c1ccc(NS(=O)(=O)c2ccc(NC(=O)[C@@](C)(O)C(F)(F)F)c(Cl)c2)cc1. The molecule has 12 heteroatoms. The summed E-state index contributed by atoms with van der Waals surface area (Å²) >= 11 is 5.90. The van der Waals surface area contributed by atoms with Crippen molar-refractivity contribution in [1.82, 2.24) is 0 Å². The highest BCUT2D eigenvalue weighted by atomic mass is 35.5. The Kier molecular flexibility index (Phi) is 6.50. The van der Waals surface area contributed by atoms with E-state index in [1.807, 2.05) is 5.32 Å². The molecule has 0 aliphatic rings. The number of benzene rings is 2. The Balaban J connectivity index is 2.23. The van der Waals surface area contributed by atoms with Gasteiger partial charge in [-0.1, -0.05) is 11.6 Å². The van der Waals surface area contributed by atoms with Gasteiger partial charge < -0.3 is 10.4 Å². The van der Waals surface area contributed by atoms with E-state index in [1.165, 1.54) is 31.2 Å². The van der Waals surface area contributed by atoms with Gasteiger partial charge in [0.05, 0.1) is 15.6 Å². The summed E-state index contributed by atoms with van der Waals surface area (Å²) in [6.45, 7) is 1.63. The van der Waals surface area contributed by atoms with Gasteiger partial charge in [-0.2, -0.15) is 13.2 Å². The highest BCUT2D eigenvalue weighted by molar-refractivity contribution is 7.92. The largest absolute Gasteiger partial charge is 0.426 e. The molecule has 0 heterocycles. The summed E-state index contributed by atoms with van der Waals surface area (Å²) in [5, 5.41) is 10.8. The van der Waals surface area contributed by atoms with Crippen LogP contribution >= 0.6 is 11.6 Å². The Morgan fingerprint density at radius 1 is 1.07 bits per heavy atom. The van der Waals surface area contributed by atoms with E-state index in [1.54, 1.807) is 0 Å². The van der Waals surface area contributed by atoms with Crippen molar-refractivity contribution < 1.29 is 36.3 Å². The molecule has 162 valence electrons. The number of hydrogen-bond acceptors (Lipinski definition) is 5. The molecule has 0 saturated carbocycles. The van der Waals surface area contributed by atoms with Crippen molar-refractivity contribution in [2.24, 2.45) is 0 Å². The van der Waals surface area contributed by atoms with Gasteiger partial charge in [0.2, 0.25) is 5.60 Å². The number of alkyl halides is 3. The van der Waals surface area contributed by atoms with Gasteiger partial charge in [0.1, 0.15) is 0 Å². The number of carbonyl (C=O) groups excluding carboxylic acids is 2. The zero-order valence-corrected chi connectivity index (χ0v) is 17.1. The summed E-state index contributed by atoms with van der Waals surface area (Å²) in [7, 11) is -4.13. The van der Waals surface area contributed by atoms with E-state index in [-0.39, 0.29) is 34.0 Å². The maximum absolute atomic E-state index is 12.7. The number of halogens is 4. The Bertz CT molecular complexity index is 1080. The predicted molar refractivity (Wildman–Crippen MR) is 104 cm³/mol. The molecule has 0 saturated heterocycles. The van der Waals surface area contributed by atoms with Gasteiger partial charge in [-0.25, -0.2) is 8.42 Å². The molecule has 0 radical (unpaired) electrons. The zero-order chi connectivity index (χ0) is 22.9. The molecule has 0 bridgehead atoms. The topological polar surface area (TPSA) is 113 Å². The van der Waals surface area contributed by atoms with E-state index in [4.69, 9.17) is 11.6 Å². The number of amides is 1. The lowest BCUT2D eigenvalue weighted by atomic mass is 10.1. The first kappa shape index (κ1) is 23.6. The maximum atomic E-state index is 12.7. The van der Waals surface area contributed by atoms with Crippen LogP contribution in [0.2, 0.25) is 5.02 Å². The molecule has 0 aromatic heterocycles. The lowest BCUT2D eigenvalue weighted by Crippen LogP contribution is -2.52. The molecule has 0 spiro atoms. The van der Waals surface area contributed by atoms with E-state index >= 15 is 0 Å². The summed E-state index contributed by atoms with van der Waals surface area (Å²) in [6, 6.07) is 8.53. The Hall–Kier alpha value is -2.63. The van der Waals surface area contributed by atoms with Gasteiger partial charge in [-0.15, -0.1) is 0 Å². The average molecular weight is 465 g/mol. The first-order valence-corrected chi connectivity index (χ1v) is 10.0. The lowest BCUT2D eigenvalue weighted by molar-refractivity contribution is -0.242. The molecule has 0 aliphatic carbocycles. The second kappa shape index (κ2) is 8.25. The molecular formula is C18H16ClF3N2O5S. The number of anilines is 2. The Labute approximate surface area is 174 Å². The molecule has 3 N–H and O–H groups in total. The number of rotatable bonds is 6. The third-order valence-corrected chi connectivity index (χ3v) is 5.73. The molecule has 7 nitrogen and oxygen atoms in total. The molecule has 0 aliphatic heterocycles. The third-order valence-electron chi connectivity index (χ3n) is 4.04. The minimum Gasteiger partial charge on any atom is -0.373 e. The van der Waals surface area contributed by atoms with Crippen molar-refractivity contribution in [3.8, 4) is 0 Å². The van der Waals surface area contributed by atoms with E-state index in [0.29, 0.717) is 5.56 Å². The summed E-state index contributed by atoms with van der Waals surface area (Å²) in [6.07, 6.45) is -5.23. The molecular weight excluding hydrogens is 449 g/mol. The van der Waals surface area contributed by atoms with Crippen LogP contribution in [0.4, 0.5) is 24.5 Å². The van der Waals surface area contributed by atoms with Gasteiger partial charge in [0.15, 0.2) is 5.78 Å². The van der Waals surface area contributed by atoms with Crippen LogP contribution in [0.1, 0.15) is 24.2 Å². The third kappa shape index (κ3) is 5.10. The molecule has 2 aromatic rings. The summed E-state index contributed by atoms with van der Waals surface area (Å²) in [4.78, 5) is 22.7. The van der Waals surface area contributed by atoms with Crippen LogP contribution in [0.5, 0.6) is 0 Å². The summed E-state index contributed by atoms with van der Waals surface area (Å²) < 4.78 is 65.4. The molecule has 0 fully saturated rings. The fraction of sp³-hybridized carbons (Fsp3) is 0.222. The lowest BCUT2D eigenvalue weighted by Gasteiger charge is -2.25. The minimum absolute atomic E-state index is 0.162. The number of Topliss-reactive ketones (excluding diaryl/α,β-unsaturated/α-hetero) is 1. The summed E-state index contributed by atoms with van der Waals surface area (Å²) in [5.41, 5.74) is -3.45. The summed E-state index contributed by atoms with van der Waals surface area (Å²) in [5.74, 6) is -1.98. The van der Waals surface area contributed by atoms with Crippen LogP contribution in [-0.4, -0.2) is 37.0 Å². The van der Waals surface area contributed by atoms with E-state index < -0.39 is 27.7 Å². The normalized spacial score (nSPS) is 14.0. The van der Waals surface area contributed by atoms with Crippen molar-refractivity contribution in [1.29, 1.82) is 0 Å². The average Bonchev–Trinajstić information content (AvgIpc) is 2.62. The van der Waals surface area contributed by atoms with E-state index in [0.717, 1.165) is 18.2 Å². The molecule has 2 aromatic carbocycles. The minimum atomic E-state index is -5.23. The number of carbonyl (C=O) groups is 2. The smallest absolute Gasteiger partial charge is 0.373 e. The van der Waals surface area contributed by atoms with Crippen molar-refractivity contribution in [2.75, 3.05) is 10.0 Å². The zero-order valence-electron chi connectivity index (χ0n) is 15.5. The van der Waals surface area contributed by atoms with Crippen LogP contribution < -0.4 is 10.0 Å². The number of nitrogens with one attached hydrogen (secondary N) is 2. The predicted octanol–water partition coefficient (Wildman–Crippen LogP) is 3.60. The monoisotopic (exact) mass is 464 g/mol. The quantitative estimate of drug-likeness (QED) is 0.565. The number of ketones is 1. The molecule has 1 amide bonds. The van der Waals surface area contributed by atoms with Crippen LogP contribution in [-0.2, 0) is 14.8 Å². The number of aliphatic hydroxyl groups is 1.